The van der Waals surface area contributed by atoms with Crippen LogP contribution in [-0.2, 0) is 11.3 Å². The third kappa shape index (κ3) is 5.45. The van der Waals surface area contributed by atoms with E-state index >= 15 is 0 Å². The van der Waals surface area contributed by atoms with Crippen molar-refractivity contribution in [2.75, 3.05) is 6.54 Å². The number of halogens is 2. The number of nitrogens with zero attached hydrogens (tertiary/aromatic N) is 1. The quantitative estimate of drug-likeness (QED) is 0.635. The Morgan fingerprint density at radius 1 is 1.22 bits per heavy atom. The van der Waals surface area contributed by atoms with Gasteiger partial charge in [0.1, 0.15) is 23.2 Å². The van der Waals surface area contributed by atoms with E-state index in [2.05, 4.69) is 5.32 Å². The molecule has 2 rings (SSSR count). The van der Waals surface area contributed by atoms with Gasteiger partial charge in [0, 0.05) is 12.3 Å². The minimum Gasteiger partial charge on any atom is -0.480 e. The van der Waals surface area contributed by atoms with E-state index in [1.165, 1.54) is 18.3 Å². The minimum absolute atomic E-state index is 0.126. The van der Waals surface area contributed by atoms with Gasteiger partial charge in [-0.1, -0.05) is 0 Å². The number of aliphatic carboxylic acids is 1. The molecule has 1 aromatic carbocycles. The van der Waals surface area contributed by atoms with Crippen molar-refractivity contribution in [3.05, 3.63) is 69.6 Å². The largest absolute Gasteiger partial charge is 0.480 e. The highest BCUT2D eigenvalue weighted by atomic mass is 19.1. The molecule has 9 heteroatoms. The molecule has 0 aliphatic rings. The Morgan fingerprint density at radius 2 is 1.89 bits per heavy atom. The Balaban J connectivity index is 2.23. The van der Waals surface area contributed by atoms with Crippen molar-refractivity contribution in [1.29, 1.82) is 0 Å². The fraction of sp³-hybridized carbons (Fsp3) is 0.278. The molecule has 0 unspecified atom stereocenters. The smallest absolute Gasteiger partial charge is 0.326 e. The summed E-state index contributed by atoms with van der Waals surface area (Å²) in [6.07, 6.45) is 1.88. The molecule has 0 saturated heterocycles. The van der Waals surface area contributed by atoms with E-state index in [9.17, 15) is 23.2 Å². The van der Waals surface area contributed by atoms with E-state index in [4.69, 9.17) is 10.8 Å². The van der Waals surface area contributed by atoms with Crippen LogP contribution in [0.1, 0.15) is 28.8 Å². The number of rotatable bonds is 8. The van der Waals surface area contributed by atoms with E-state index in [0.717, 1.165) is 16.7 Å². The van der Waals surface area contributed by atoms with Crippen molar-refractivity contribution < 1.29 is 23.5 Å². The summed E-state index contributed by atoms with van der Waals surface area (Å²) < 4.78 is 27.7. The summed E-state index contributed by atoms with van der Waals surface area (Å²) in [5.41, 5.74) is 4.58. The number of carbonyl (C=O) groups excluding carboxylic acids is 1. The lowest BCUT2D eigenvalue weighted by atomic mass is 10.1. The van der Waals surface area contributed by atoms with E-state index in [1.807, 2.05) is 0 Å². The van der Waals surface area contributed by atoms with Gasteiger partial charge in [-0.3, -0.25) is 9.59 Å². The second-order valence-electron chi connectivity index (χ2n) is 5.93. The highest BCUT2D eigenvalue weighted by Gasteiger charge is 2.22. The highest BCUT2D eigenvalue weighted by Crippen LogP contribution is 2.09. The Morgan fingerprint density at radius 3 is 2.48 bits per heavy atom. The summed E-state index contributed by atoms with van der Waals surface area (Å²) >= 11 is 0. The summed E-state index contributed by atoms with van der Waals surface area (Å²) in [6.45, 7) is 0.117. The number of nitrogens with two attached hydrogens (primary N) is 1. The van der Waals surface area contributed by atoms with Gasteiger partial charge in [-0.2, -0.15) is 0 Å². The van der Waals surface area contributed by atoms with Crippen LogP contribution in [0.4, 0.5) is 8.78 Å². The Bertz CT molecular complexity index is 878. The number of aromatic nitrogens is 1. The standard InChI is InChI=1S/C18H19F2N3O4/c19-12-7-11(8-13(20)9-12)10-23-6-2-3-14(17(23)25)16(24)22-15(18(26)27)4-1-5-21/h2-3,6-9,15H,1,4-5,10,21H2,(H,22,24)(H,26,27)/t15-/m0/s1. The lowest BCUT2D eigenvalue weighted by Crippen LogP contribution is -2.43. The van der Waals surface area contributed by atoms with Gasteiger partial charge >= 0.3 is 5.97 Å². The Labute approximate surface area is 153 Å². The zero-order chi connectivity index (χ0) is 20.0. The molecule has 1 amide bonds. The minimum atomic E-state index is -1.23. The number of carboxylic acid groups (broad SMARTS) is 1. The molecule has 0 saturated carbocycles. The molecule has 0 radical (unpaired) electrons. The molecule has 1 atom stereocenters. The van der Waals surface area contributed by atoms with Crippen LogP contribution < -0.4 is 16.6 Å². The number of carboxylic acids is 1. The van der Waals surface area contributed by atoms with Crippen LogP contribution >= 0.6 is 0 Å². The molecule has 0 aliphatic carbocycles. The van der Waals surface area contributed by atoms with Gasteiger partial charge in [-0.05, 0) is 49.2 Å². The lowest BCUT2D eigenvalue weighted by Gasteiger charge is -2.14. The number of amides is 1. The normalized spacial score (nSPS) is 11.8. The van der Waals surface area contributed by atoms with Gasteiger partial charge in [0.15, 0.2) is 0 Å². The summed E-state index contributed by atoms with van der Waals surface area (Å²) in [4.78, 5) is 36.0. The van der Waals surface area contributed by atoms with Gasteiger partial charge in [0.05, 0.1) is 6.54 Å². The molecule has 0 aliphatic heterocycles. The molecule has 4 N–H and O–H groups in total. The van der Waals surface area contributed by atoms with E-state index in [0.29, 0.717) is 12.5 Å². The van der Waals surface area contributed by atoms with Gasteiger partial charge in [0.25, 0.3) is 11.5 Å². The second kappa shape index (κ2) is 9.04. The molecule has 0 bridgehead atoms. The average Bonchev–Trinajstić information content (AvgIpc) is 2.59. The van der Waals surface area contributed by atoms with Crippen LogP contribution in [-0.4, -0.2) is 34.1 Å². The zero-order valence-electron chi connectivity index (χ0n) is 14.3. The number of pyridine rings is 1. The topological polar surface area (TPSA) is 114 Å². The van der Waals surface area contributed by atoms with Crippen LogP contribution in [0.15, 0.2) is 41.3 Å². The van der Waals surface area contributed by atoms with Gasteiger partial charge < -0.3 is 20.7 Å². The maximum Gasteiger partial charge on any atom is 0.326 e. The van der Waals surface area contributed by atoms with Crippen molar-refractivity contribution in [1.82, 2.24) is 9.88 Å². The first-order valence-corrected chi connectivity index (χ1v) is 8.20. The predicted molar refractivity (Wildman–Crippen MR) is 93.3 cm³/mol. The summed E-state index contributed by atoms with van der Waals surface area (Å²) in [5, 5.41) is 11.4. The number of hydrogen-bond acceptors (Lipinski definition) is 4. The molecule has 0 fully saturated rings. The first-order valence-electron chi connectivity index (χ1n) is 8.20. The van der Waals surface area contributed by atoms with E-state index in [1.54, 1.807) is 0 Å². The van der Waals surface area contributed by atoms with Crippen LogP contribution in [0, 0.1) is 11.6 Å². The van der Waals surface area contributed by atoms with Crippen LogP contribution in [0.3, 0.4) is 0 Å². The molecule has 1 heterocycles. The summed E-state index contributed by atoms with van der Waals surface area (Å²) in [7, 11) is 0. The maximum absolute atomic E-state index is 13.3. The van der Waals surface area contributed by atoms with Crippen LogP contribution in [0.2, 0.25) is 0 Å². The number of carbonyl (C=O) groups is 2. The van der Waals surface area contributed by atoms with E-state index < -0.39 is 35.1 Å². The summed E-state index contributed by atoms with van der Waals surface area (Å²) in [6, 6.07) is 4.37. The first-order chi connectivity index (χ1) is 12.8. The number of nitrogens with one attached hydrogen (secondary N) is 1. The SMILES string of the molecule is NCCC[C@H](NC(=O)c1cccn(Cc2cc(F)cc(F)c2)c1=O)C(=O)O. The van der Waals surface area contributed by atoms with Crippen molar-refractivity contribution >= 4 is 11.9 Å². The molecule has 0 spiro atoms. The van der Waals surface area contributed by atoms with Gasteiger partial charge in [0.2, 0.25) is 0 Å². The Hall–Kier alpha value is -3.07. The first kappa shape index (κ1) is 20.2. The average molecular weight is 379 g/mol. The molecule has 1 aromatic heterocycles. The second-order valence-corrected chi connectivity index (χ2v) is 5.93. The van der Waals surface area contributed by atoms with Crippen LogP contribution in [0.5, 0.6) is 0 Å². The Kier molecular flexibility index (Phi) is 6.78. The number of benzene rings is 1. The molecule has 7 nitrogen and oxygen atoms in total. The molecular formula is C18H19F2N3O4. The molecule has 2 aromatic rings. The molecular weight excluding hydrogens is 360 g/mol. The zero-order valence-corrected chi connectivity index (χ0v) is 14.3. The summed E-state index contributed by atoms with van der Waals surface area (Å²) in [5.74, 6) is -3.64. The maximum atomic E-state index is 13.3. The lowest BCUT2D eigenvalue weighted by molar-refractivity contribution is -0.139. The van der Waals surface area contributed by atoms with Gasteiger partial charge in [-0.15, -0.1) is 0 Å². The third-order valence-corrected chi connectivity index (χ3v) is 3.84. The van der Waals surface area contributed by atoms with Crippen molar-refractivity contribution in [3.8, 4) is 0 Å². The molecule has 144 valence electrons. The van der Waals surface area contributed by atoms with Gasteiger partial charge in [-0.25, -0.2) is 13.6 Å². The molecule has 27 heavy (non-hydrogen) atoms. The third-order valence-electron chi connectivity index (χ3n) is 3.84. The number of hydrogen-bond donors (Lipinski definition) is 3. The highest BCUT2D eigenvalue weighted by molar-refractivity contribution is 5.96. The van der Waals surface area contributed by atoms with Crippen LogP contribution in [0.25, 0.3) is 0 Å². The van der Waals surface area contributed by atoms with Crippen molar-refractivity contribution in [3.63, 3.8) is 0 Å². The predicted octanol–water partition coefficient (Wildman–Crippen LogP) is 1.10. The van der Waals surface area contributed by atoms with Crippen molar-refractivity contribution in [2.45, 2.75) is 25.4 Å². The van der Waals surface area contributed by atoms with Crippen molar-refractivity contribution in [2.24, 2.45) is 5.73 Å². The van der Waals surface area contributed by atoms with E-state index in [-0.39, 0.29) is 30.6 Å². The monoisotopic (exact) mass is 379 g/mol. The fourth-order valence-electron chi connectivity index (χ4n) is 2.55. The fourth-order valence-corrected chi connectivity index (χ4v) is 2.55.